The molecule has 0 radical (unpaired) electrons. The van der Waals surface area contributed by atoms with Crippen LogP contribution in [0.15, 0.2) is 24.3 Å². The molecule has 0 unspecified atom stereocenters. The Morgan fingerprint density at radius 2 is 1.68 bits per heavy atom. The van der Waals surface area contributed by atoms with Crippen LogP contribution in [0.2, 0.25) is 0 Å². The molecule has 19 heavy (non-hydrogen) atoms. The molecule has 0 aromatic heterocycles. The van der Waals surface area contributed by atoms with Gasteiger partial charge in [-0.25, -0.2) is 0 Å². The maximum atomic E-state index is 5.10. The first kappa shape index (κ1) is 16.2. The van der Waals surface area contributed by atoms with Gasteiger partial charge < -0.3 is 15.0 Å². The second-order valence-electron chi connectivity index (χ2n) is 4.81. The van der Waals surface area contributed by atoms with Crippen molar-refractivity contribution in [2.75, 3.05) is 33.3 Å². The summed E-state index contributed by atoms with van der Waals surface area (Å²) in [5.74, 6) is 0. The molecule has 0 heterocycles. The van der Waals surface area contributed by atoms with E-state index in [0.717, 1.165) is 26.2 Å². The number of nitrogens with one attached hydrogen (secondary N) is 1. The number of nitrogens with zero attached hydrogens (tertiary/aromatic N) is 1. The van der Waals surface area contributed by atoms with Crippen molar-refractivity contribution in [2.45, 2.75) is 33.4 Å². The van der Waals surface area contributed by atoms with Crippen LogP contribution in [-0.2, 0) is 17.9 Å². The van der Waals surface area contributed by atoms with Crippen molar-refractivity contribution in [3.8, 4) is 0 Å². The minimum Gasteiger partial charge on any atom is -0.380 e. The number of rotatable bonds is 10. The Morgan fingerprint density at radius 3 is 2.26 bits per heavy atom. The van der Waals surface area contributed by atoms with Gasteiger partial charge in [-0.3, -0.25) is 0 Å². The zero-order valence-corrected chi connectivity index (χ0v) is 12.6. The van der Waals surface area contributed by atoms with Gasteiger partial charge in [0.25, 0.3) is 0 Å². The summed E-state index contributed by atoms with van der Waals surface area (Å²) in [4.78, 5) is 2.46. The van der Waals surface area contributed by atoms with Gasteiger partial charge in [0.1, 0.15) is 0 Å². The number of benzene rings is 1. The summed E-state index contributed by atoms with van der Waals surface area (Å²) in [6, 6.07) is 8.62. The zero-order valence-electron chi connectivity index (χ0n) is 12.6. The van der Waals surface area contributed by atoms with Crippen molar-refractivity contribution in [1.82, 2.24) is 10.2 Å². The van der Waals surface area contributed by atoms with Gasteiger partial charge >= 0.3 is 0 Å². The highest BCUT2D eigenvalue weighted by Gasteiger charge is 1.98. The lowest BCUT2D eigenvalue weighted by molar-refractivity contribution is 0.185. The van der Waals surface area contributed by atoms with Crippen LogP contribution in [0.25, 0.3) is 0 Å². The molecule has 0 aliphatic carbocycles. The summed E-state index contributed by atoms with van der Waals surface area (Å²) in [5, 5.41) is 3.50. The fourth-order valence-electron chi connectivity index (χ4n) is 2.12. The van der Waals surface area contributed by atoms with Gasteiger partial charge in [-0.2, -0.15) is 0 Å². The molecule has 0 bridgehead atoms. The molecule has 0 amide bonds. The van der Waals surface area contributed by atoms with Gasteiger partial charge in [0, 0.05) is 13.7 Å². The molecule has 1 N–H and O–H groups in total. The predicted octanol–water partition coefficient (Wildman–Crippen LogP) is 2.65. The molecule has 3 nitrogen and oxygen atoms in total. The van der Waals surface area contributed by atoms with Crippen LogP contribution < -0.4 is 5.32 Å². The number of hydrogen-bond acceptors (Lipinski definition) is 3. The predicted molar refractivity (Wildman–Crippen MR) is 81.3 cm³/mol. The van der Waals surface area contributed by atoms with E-state index in [0.29, 0.717) is 6.61 Å². The average molecular weight is 264 g/mol. The standard InChI is InChI=1S/C16H28N2O/c1-4-18(5-2)12-6-11-17-13-15-7-9-16(10-8-15)14-19-3/h7-10,17H,4-6,11-14H2,1-3H3. The fraction of sp³-hybridized carbons (Fsp3) is 0.625. The van der Waals surface area contributed by atoms with Crippen LogP contribution in [-0.4, -0.2) is 38.2 Å². The summed E-state index contributed by atoms with van der Waals surface area (Å²) >= 11 is 0. The van der Waals surface area contributed by atoms with Crippen molar-refractivity contribution >= 4 is 0 Å². The SMILES string of the molecule is CCN(CC)CCCNCc1ccc(COC)cc1. The normalized spacial score (nSPS) is 11.2. The van der Waals surface area contributed by atoms with Crippen LogP contribution in [0, 0.1) is 0 Å². The third kappa shape index (κ3) is 6.71. The van der Waals surface area contributed by atoms with E-state index in [2.05, 4.69) is 48.3 Å². The Kier molecular flexibility index (Phi) is 8.47. The minimum atomic E-state index is 0.692. The van der Waals surface area contributed by atoms with E-state index in [-0.39, 0.29) is 0 Å². The Bertz CT molecular complexity index is 320. The van der Waals surface area contributed by atoms with Gasteiger partial charge in [-0.15, -0.1) is 0 Å². The zero-order chi connectivity index (χ0) is 13.9. The molecule has 3 heteroatoms. The summed E-state index contributed by atoms with van der Waals surface area (Å²) in [6.07, 6.45) is 1.21. The molecule has 0 saturated heterocycles. The third-order valence-electron chi connectivity index (χ3n) is 3.39. The average Bonchev–Trinajstić information content (AvgIpc) is 2.45. The van der Waals surface area contributed by atoms with Crippen molar-refractivity contribution in [3.05, 3.63) is 35.4 Å². The summed E-state index contributed by atoms with van der Waals surface area (Å²) < 4.78 is 5.10. The molecule has 0 aliphatic rings. The Hall–Kier alpha value is -0.900. The van der Waals surface area contributed by atoms with E-state index in [1.807, 2.05) is 0 Å². The highest BCUT2D eigenvalue weighted by Crippen LogP contribution is 2.05. The molecule has 0 aliphatic heterocycles. The van der Waals surface area contributed by atoms with E-state index in [1.165, 1.54) is 24.1 Å². The van der Waals surface area contributed by atoms with Crippen LogP contribution in [0.1, 0.15) is 31.4 Å². The molecule has 0 saturated carbocycles. The topological polar surface area (TPSA) is 24.5 Å². The fourth-order valence-corrected chi connectivity index (χ4v) is 2.12. The lowest BCUT2D eigenvalue weighted by Crippen LogP contribution is -2.27. The Morgan fingerprint density at radius 1 is 1.05 bits per heavy atom. The molecule has 0 fully saturated rings. The first-order valence-corrected chi connectivity index (χ1v) is 7.30. The first-order valence-electron chi connectivity index (χ1n) is 7.30. The maximum absolute atomic E-state index is 5.10. The van der Waals surface area contributed by atoms with Gasteiger partial charge in [0.2, 0.25) is 0 Å². The van der Waals surface area contributed by atoms with E-state index < -0.39 is 0 Å². The molecule has 108 valence electrons. The second kappa shape index (κ2) is 9.96. The van der Waals surface area contributed by atoms with Crippen LogP contribution in [0.3, 0.4) is 0 Å². The minimum absolute atomic E-state index is 0.692. The summed E-state index contributed by atoms with van der Waals surface area (Å²) in [5.41, 5.74) is 2.57. The number of methoxy groups -OCH3 is 1. The van der Waals surface area contributed by atoms with Gasteiger partial charge in [-0.1, -0.05) is 38.1 Å². The van der Waals surface area contributed by atoms with Crippen molar-refractivity contribution in [3.63, 3.8) is 0 Å². The van der Waals surface area contributed by atoms with Crippen molar-refractivity contribution < 1.29 is 4.74 Å². The van der Waals surface area contributed by atoms with E-state index in [9.17, 15) is 0 Å². The Labute approximate surface area is 118 Å². The Balaban J connectivity index is 2.15. The number of hydrogen-bond donors (Lipinski definition) is 1. The van der Waals surface area contributed by atoms with Gasteiger partial charge in [0.05, 0.1) is 6.61 Å². The summed E-state index contributed by atoms with van der Waals surface area (Å²) in [6.45, 7) is 10.7. The molecule has 1 aromatic rings. The molecular formula is C16H28N2O. The first-order chi connectivity index (χ1) is 9.30. The van der Waals surface area contributed by atoms with Crippen LogP contribution >= 0.6 is 0 Å². The van der Waals surface area contributed by atoms with E-state index in [4.69, 9.17) is 4.74 Å². The molecule has 1 rings (SSSR count). The molecule has 1 aromatic carbocycles. The van der Waals surface area contributed by atoms with Gasteiger partial charge in [0.15, 0.2) is 0 Å². The highest BCUT2D eigenvalue weighted by atomic mass is 16.5. The van der Waals surface area contributed by atoms with E-state index in [1.54, 1.807) is 7.11 Å². The lowest BCUT2D eigenvalue weighted by Gasteiger charge is -2.17. The maximum Gasteiger partial charge on any atom is 0.0713 e. The molecule has 0 atom stereocenters. The lowest BCUT2D eigenvalue weighted by atomic mass is 10.1. The quantitative estimate of drug-likeness (QED) is 0.658. The van der Waals surface area contributed by atoms with Crippen molar-refractivity contribution in [1.29, 1.82) is 0 Å². The largest absolute Gasteiger partial charge is 0.380 e. The molecule has 0 spiro atoms. The highest BCUT2D eigenvalue weighted by molar-refractivity contribution is 5.21. The smallest absolute Gasteiger partial charge is 0.0713 e. The molecular weight excluding hydrogens is 236 g/mol. The number of ether oxygens (including phenoxy) is 1. The van der Waals surface area contributed by atoms with Gasteiger partial charge in [-0.05, 0) is 43.7 Å². The second-order valence-corrected chi connectivity index (χ2v) is 4.81. The van der Waals surface area contributed by atoms with Crippen molar-refractivity contribution in [2.24, 2.45) is 0 Å². The van der Waals surface area contributed by atoms with Crippen LogP contribution in [0.4, 0.5) is 0 Å². The van der Waals surface area contributed by atoms with Crippen LogP contribution in [0.5, 0.6) is 0 Å². The monoisotopic (exact) mass is 264 g/mol. The third-order valence-corrected chi connectivity index (χ3v) is 3.39. The summed E-state index contributed by atoms with van der Waals surface area (Å²) in [7, 11) is 1.73. The van der Waals surface area contributed by atoms with E-state index >= 15 is 0 Å².